The molecule has 1 aromatic carbocycles. The number of nitrogens with one attached hydrogen (secondary N) is 1. The first-order valence-electron chi connectivity index (χ1n) is 4.93. The van der Waals surface area contributed by atoms with Crippen LogP contribution in [0.4, 0.5) is 10.1 Å². The second-order valence-corrected chi connectivity index (χ2v) is 5.14. The van der Waals surface area contributed by atoms with Crippen molar-refractivity contribution in [1.29, 1.82) is 0 Å². The minimum absolute atomic E-state index is 0.335. The number of hydrogen-bond acceptors (Lipinski definition) is 2. The SMILES string of the molecule is Fc1cncc(CNc2cc(I)ccc2Cl)c1. The number of anilines is 1. The molecule has 0 aliphatic heterocycles. The number of hydrogen-bond donors (Lipinski definition) is 1. The summed E-state index contributed by atoms with van der Waals surface area (Å²) in [6.07, 6.45) is 2.81. The summed E-state index contributed by atoms with van der Waals surface area (Å²) in [5.74, 6) is -0.335. The van der Waals surface area contributed by atoms with E-state index in [9.17, 15) is 4.39 Å². The van der Waals surface area contributed by atoms with E-state index in [4.69, 9.17) is 11.6 Å². The third-order valence-electron chi connectivity index (χ3n) is 2.17. The smallest absolute Gasteiger partial charge is 0.141 e. The Balaban J connectivity index is 2.09. The van der Waals surface area contributed by atoms with Crippen LogP contribution in [-0.2, 0) is 6.54 Å². The van der Waals surface area contributed by atoms with Crippen molar-refractivity contribution in [3.8, 4) is 0 Å². The summed E-state index contributed by atoms with van der Waals surface area (Å²) in [7, 11) is 0. The Morgan fingerprint density at radius 1 is 1.29 bits per heavy atom. The quantitative estimate of drug-likeness (QED) is 0.832. The maximum atomic E-state index is 12.9. The van der Waals surface area contributed by atoms with Gasteiger partial charge < -0.3 is 5.32 Å². The normalized spacial score (nSPS) is 10.3. The average Bonchev–Trinajstić information content (AvgIpc) is 2.30. The largest absolute Gasteiger partial charge is 0.380 e. The molecule has 0 aliphatic rings. The average molecular weight is 363 g/mol. The molecule has 2 nitrogen and oxygen atoms in total. The first kappa shape index (κ1) is 12.6. The van der Waals surface area contributed by atoms with Crippen LogP contribution in [0.25, 0.3) is 0 Å². The van der Waals surface area contributed by atoms with Gasteiger partial charge in [0.15, 0.2) is 0 Å². The number of benzene rings is 1. The maximum absolute atomic E-state index is 12.9. The molecule has 0 atom stereocenters. The van der Waals surface area contributed by atoms with Gasteiger partial charge in [0.2, 0.25) is 0 Å². The minimum Gasteiger partial charge on any atom is -0.380 e. The topological polar surface area (TPSA) is 24.9 Å². The van der Waals surface area contributed by atoms with E-state index in [0.29, 0.717) is 11.6 Å². The second kappa shape index (κ2) is 5.64. The van der Waals surface area contributed by atoms with Crippen LogP contribution >= 0.6 is 34.2 Å². The van der Waals surface area contributed by atoms with Crippen LogP contribution in [0.15, 0.2) is 36.7 Å². The van der Waals surface area contributed by atoms with Gasteiger partial charge in [0, 0.05) is 16.3 Å². The van der Waals surface area contributed by atoms with Crippen molar-refractivity contribution in [2.45, 2.75) is 6.54 Å². The van der Waals surface area contributed by atoms with Gasteiger partial charge in [-0.2, -0.15) is 0 Å². The summed E-state index contributed by atoms with van der Waals surface area (Å²) >= 11 is 8.25. The summed E-state index contributed by atoms with van der Waals surface area (Å²) in [6.45, 7) is 0.491. The lowest BCUT2D eigenvalue weighted by atomic mass is 10.2. The van der Waals surface area contributed by atoms with E-state index in [-0.39, 0.29) is 5.82 Å². The van der Waals surface area contributed by atoms with E-state index < -0.39 is 0 Å². The molecule has 0 saturated carbocycles. The Bertz CT molecular complexity index is 534. The lowest BCUT2D eigenvalue weighted by molar-refractivity contribution is 0.619. The van der Waals surface area contributed by atoms with Gasteiger partial charge in [0.25, 0.3) is 0 Å². The van der Waals surface area contributed by atoms with E-state index in [1.807, 2.05) is 18.2 Å². The number of rotatable bonds is 3. The summed E-state index contributed by atoms with van der Waals surface area (Å²) < 4.78 is 14.0. The number of aromatic nitrogens is 1. The van der Waals surface area contributed by atoms with Gasteiger partial charge in [0.1, 0.15) is 5.82 Å². The molecule has 0 radical (unpaired) electrons. The van der Waals surface area contributed by atoms with Crippen molar-refractivity contribution in [2.75, 3.05) is 5.32 Å². The van der Waals surface area contributed by atoms with E-state index >= 15 is 0 Å². The standard InChI is InChI=1S/C12H9ClFIN2/c13-11-2-1-10(15)4-12(11)17-6-8-3-9(14)7-16-5-8/h1-5,7,17H,6H2. The second-order valence-electron chi connectivity index (χ2n) is 3.49. The first-order valence-corrected chi connectivity index (χ1v) is 6.39. The summed E-state index contributed by atoms with van der Waals surface area (Å²) in [6, 6.07) is 7.14. The van der Waals surface area contributed by atoms with Gasteiger partial charge in [-0.3, -0.25) is 4.98 Å². The minimum atomic E-state index is -0.335. The molecule has 0 fully saturated rings. The van der Waals surface area contributed by atoms with E-state index in [0.717, 1.165) is 14.8 Å². The van der Waals surface area contributed by atoms with Crippen LogP contribution in [0, 0.1) is 9.39 Å². The van der Waals surface area contributed by atoms with Crippen LogP contribution in [0.5, 0.6) is 0 Å². The fraction of sp³-hybridized carbons (Fsp3) is 0.0833. The Hall–Kier alpha value is -0.880. The van der Waals surface area contributed by atoms with Crippen LogP contribution < -0.4 is 5.32 Å². The predicted molar refractivity (Wildman–Crippen MR) is 75.7 cm³/mol. The zero-order valence-electron chi connectivity index (χ0n) is 8.75. The highest BCUT2D eigenvalue weighted by Crippen LogP contribution is 2.24. The lowest BCUT2D eigenvalue weighted by Gasteiger charge is -2.08. The highest BCUT2D eigenvalue weighted by molar-refractivity contribution is 14.1. The molecule has 1 heterocycles. The van der Waals surface area contributed by atoms with Crippen LogP contribution in [-0.4, -0.2) is 4.98 Å². The van der Waals surface area contributed by atoms with Gasteiger partial charge in [-0.15, -0.1) is 0 Å². The molecule has 88 valence electrons. The Labute approximate surface area is 117 Å². The number of halogens is 3. The Morgan fingerprint density at radius 3 is 2.88 bits per heavy atom. The third-order valence-corrected chi connectivity index (χ3v) is 3.17. The van der Waals surface area contributed by atoms with Crippen LogP contribution in [0.1, 0.15) is 5.56 Å². The van der Waals surface area contributed by atoms with Crippen molar-refractivity contribution in [2.24, 2.45) is 0 Å². The molecule has 0 amide bonds. The lowest BCUT2D eigenvalue weighted by Crippen LogP contribution is -2.01. The van der Waals surface area contributed by atoms with E-state index in [2.05, 4.69) is 32.9 Å². The maximum Gasteiger partial charge on any atom is 0.141 e. The van der Waals surface area contributed by atoms with Gasteiger partial charge in [-0.25, -0.2) is 4.39 Å². The molecule has 5 heteroatoms. The Kier molecular flexibility index (Phi) is 4.17. The molecular formula is C12H9ClFIN2. The highest BCUT2D eigenvalue weighted by atomic mass is 127. The molecule has 0 spiro atoms. The zero-order chi connectivity index (χ0) is 12.3. The summed E-state index contributed by atoms with van der Waals surface area (Å²) in [5.41, 5.74) is 1.61. The number of pyridine rings is 1. The first-order chi connectivity index (χ1) is 8.15. The molecule has 17 heavy (non-hydrogen) atoms. The third kappa shape index (κ3) is 3.54. The Morgan fingerprint density at radius 2 is 2.12 bits per heavy atom. The molecule has 2 aromatic rings. The fourth-order valence-corrected chi connectivity index (χ4v) is 2.06. The predicted octanol–water partition coefficient (Wildman–Crippen LogP) is 4.09. The van der Waals surface area contributed by atoms with Crippen molar-refractivity contribution in [3.63, 3.8) is 0 Å². The molecule has 0 unspecified atom stereocenters. The molecule has 1 N–H and O–H groups in total. The van der Waals surface area contributed by atoms with Crippen molar-refractivity contribution in [1.82, 2.24) is 4.98 Å². The van der Waals surface area contributed by atoms with Crippen LogP contribution in [0.2, 0.25) is 5.02 Å². The van der Waals surface area contributed by atoms with Gasteiger partial charge in [-0.1, -0.05) is 11.6 Å². The highest BCUT2D eigenvalue weighted by Gasteiger charge is 2.01. The zero-order valence-corrected chi connectivity index (χ0v) is 11.7. The van der Waals surface area contributed by atoms with Gasteiger partial charge in [-0.05, 0) is 52.4 Å². The molecule has 1 aromatic heterocycles. The molecular weight excluding hydrogens is 354 g/mol. The van der Waals surface area contributed by atoms with Gasteiger partial charge in [0.05, 0.1) is 16.9 Å². The van der Waals surface area contributed by atoms with E-state index in [1.165, 1.54) is 12.3 Å². The molecule has 0 bridgehead atoms. The number of nitrogens with zero attached hydrogens (tertiary/aromatic N) is 1. The summed E-state index contributed by atoms with van der Waals surface area (Å²) in [5, 5.41) is 3.80. The monoisotopic (exact) mass is 362 g/mol. The molecule has 0 aliphatic carbocycles. The van der Waals surface area contributed by atoms with Crippen molar-refractivity contribution < 1.29 is 4.39 Å². The van der Waals surface area contributed by atoms with Crippen molar-refractivity contribution in [3.05, 3.63) is 56.6 Å². The van der Waals surface area contributed by atoms with E-state index in [1.54, 1.807) is 6.20 Å². The molecule has 0 saturated heterocycles. The van der Waals surface area contributed by atoms with Crippen molar-refractivity contribution >= 4 is 39.9 Å². The fourth-order valence-electron chi connectivity index (χ4n) is 1.38. The summed E-state index contributed by atoms with van der Waals surface area (Å²) in [4.78, 5) is 3.79. The van der Waals surface area contributed by atoms with Crippen LogP contribution in [0.3, 0.4) is 0 Å². The molecule has 2 rings (SSSR count). The van der Waals surface area contributed by atoms with Gasteiger partial charge >= 0.3 is 0 Å².